The summed E-state index contributed by atoms with van der Waals surface area (Å²) in [5.74, 6) is 0.450. The molecule has 3 rings (SSSR count). The predicted octanol–water partition coefficient (Wildman–Crippen LogP) is 1.12. The van der Waals surface area contributed by atoms with Gasteiger partial charge in [0.25, 0.3) is 0 Å². The zero-order valence-corrected chi connectivity index (χ0v) is 13.0. The van der Waals surface area contributed by atoms with Gasteiger partial charge in [-0.1, -0.05) is 18.2 Å². The highest BCUT2D eigenvalue weighted by Crippen LogP contribution is 2.35. The fraction of sp³-hybridized carbons (Fsp3) is 0.467. The van der Waals surface area contributed by atoms with Crippen LogP contribution in [0.25, 0.3) is 0 Å². The maximum absolute atomic E-state index is 12.4. The lowest BCUT2D eigenvalue weighted by Gasteiger charge is -2.34. The number of thioether (sulfide) groups is 1. The van der Waals surface area contributed by atoms with E-state index in [1.165, 1.54) is 4.90 Å². The number of urea groups is 1. The van der Waals surface area contributed by atoms with Crippen molar-refractivity contribution in [2.45, 2.75) is 23.5 Å². The molecule has 0 spiro atoms. The number of rotatable bonds is 2. The maximum Gasteiger partial charge on any atom is 0.318 e. The van der Waals surface area contributed by atoms with E-state index >= 15 is 0 Å². The molecule has 0 radical (unpaired) electrons. The van der Waals surface area contributed by atoms with Gasteiger partial charge in [0, 0.05) is 17.2 Å². The van der Waals surface area contributed by atoms with E-state index in [0.717, 1.165) is 17.7 Å². The van der Waals surface area contributed by atoms with Gasteiger partial charge in [0.15, 0.2) is 6.10 Å². The van der Waals surface area contributed by atoms with Gasteiger partial charge in [0.2, 0.25) is 5.91 Å². The van der Waals surface area contributed by atoms with Crippen LogP contribution in [-0.2, 0) is 9.53 Å². The number of carbonyl (C=O) groups is 2. The summed E-state index contributed by atoms with van der Waals surface area (Å²) in [5, 5.41) is 3.07. The van der Waals surface area contributed by atoms with Crippen LogP contribution in [-0.4, -0.2) is 48.4 Å². The molecule has 1 aromatic rings. The third-order valence-corrected chi connectivity index (χ3v) is 5.05. The zero-order chi connectivity index (χ0) is 15.5. The van der Waals surface area contributed by atoms with E-state index in [0.29, 0.717) is 13.2 Å². The first-order chi connectivity index (χ1) is 10.6. The van der Waals surface area contributed by atoms with Crippen LogP contribution in [0.2, 0.25) is 0 Å². The van der Waals surface area contributed by atoms with Crippen molar-refractivity contribution in [1.29, 1.82) is 0 Å². The van der Waals surface area contributed by atoms with Gasteiger partial charge in [-0.3, -0.25) is 4.79 Å². The Bertz CT molecular complexity index is 581. The summed E-state index contributed by atoms with van der Waals surface area (Å²) in [6.45, 7) is 1.02. The second-order valence-corrected chi connectivity index (χ2v) is 6.52. The lowest BCUT2D eigenvalue weighted by molar-refractivity contribution is -0.133. The van der Waals surface area contributed by atoms with Gasteiger partial charge < -0.3 is 20.7 Å². The molecule has 3 amide bonds. The largest absolute Gasteiger partial charge is 0.367 e. The predicted molar refractivity (Wildman–Crippen MR) is 83.6 cm³/mol. The Morgan fingerprint density at radius 3 is 3.00 bits per heavy atom. The quantitative estimate of drug-likeness (QED) is 0.855. The molecule has 6 nitrogen and oxygen atoms in total. The number of amides is 3. The third-order valence-electron chi connectivity index (χ3n) is 3.93. The SMILES string of the molecule is NC(=O)C1CN(C(=O)NC2CCSc3ccccc32)CCO1. The van der Waals surface area contributed by atoms with Crippen LogP contribution in [0.4, 0.5) is 4.79 Å². The number of primary amides is 1. The van der Waals surface area contributed by atoms with Crippen molar-refractivity contribution in [2.24, 2.45) is 5.73 Å². The standard InChI is InChI=1S/C15H19N3O3S/c16-14(19)12-9-18(6-7-21-12)15(20)17-11-5-8-22-13-4-2-1-3-10(11)13/h1-4,11-12H,5-9H2,(H2,16,19)(H,17,20). The summed E-state index contributed by atoms with van der Waals surface area (Å²) in [5.41, 5.74) is 6.41. The first kappa shape index (κ1) is 15.2. The van der Waals surface area contributed by atoms with E-state index in [9.17, 15) is 9.59 Å². The van der Waals surface area contributed by atoms with E-state index in [-0.39, 0.29) is 18.6 Å². The maximum atomic E-state index is 12.4. The first-order valence-electron chi connectivity index (χ1n) is 7.33. The molecule has 1 fully saturated rings. The van der Waals surface area contributed by atoms with Gasteiger partial charge in [-0.05, 0) is 18.1 Å². The van der Waals surface area contributed by atoms with Crippen LogP contribution < -0.4 is 11.1 Å². The van der Waals surface area contributed by atoms with Gasteiger partial charge in [-0.25, -0.2) is 4.79 Å². The minimum absolute atomic E-state index is 0.0137. The second kappa shape index (κ2) is 6.58. The average molecular weight is 321 g/mol. The summed E-state index contributed by atoms with van der Waals surface area (Å²) in [4.78, 5) is 26.5. The highest BCUT2D eigenvalue weighted by molar-refractivity contribution is 7.99. The Morgan fingerprint density at radius 2 is 2.18 bits per heavy atom. The Kier molecular flexibility index (Phi) is 4.54. The molecule has 1 aromatic carbocycles. The summed E-state index contributed by atoms with van der Waals surface area (Å²) in [6, 6.07) is 7.98. The number of nitrogens with two attached hydrogens (primary N) is 1. The lowest BCUT2D eigenvalue weighted by atomic mass is 10.0. The van der Waals surface area contributed by atoms with E-state index < -0.39 is 12.0 Å². The minimum Gasteiger partial charge on any atom is -0.367 e. The molecule has 3 N–H and O–H groups in total. The Labute approximate surface area is 133 Å². The van der Waals surface area contributed by atoms with Gasteiger partial charge in [0.1, 0.15) is 0 Å². The van der Waals surface area contributed by atoms with Crippen molar-refractivity contribution < 1.29 is 14.3 Å². The van der Waals surface area contributed by atoms with Crippen LogP contribution in [0.3, 0.4) is 0 Å². The van der Waals surface area contributed by atoms with Gasteiger partial charge >= 0.3 is 6.03 Å². The molecule has 118 valence electrons. The second-order valence-electron chi connectivity index (χ2n) is 5.38. The molecular weight excluding hydrogens is 302 g/mol. The lowest BCUT2D eigenvalue weighted by Crippen LogP contribution is -2.53. The number of fused-ring (bicyclic) bond motifs is 1. The topological polar surface area (TPSA) is 84.7 Å². The molecule has 0 aromatic heterocycles. The molecule has 1 saturated heterocycles. The van der Waals surface area contributed by atoms with Crippen molar-refractivity contribution in [1.82, 2.24) is 10.2 Å². The number of hydrogen-bond acceptors (Lipinski definition) is 4. The number of morpholine rings is 1. The van der Waals surface area contributed by atoms with Crippen molar-refractivity contribution in [3.8, 4) is 0 Å². The van der Waals surface area contributed by atoms with E-state index in [4.69, 9.17) is 10.5 Å². The molecule has 0 bridgehead atoms. The smallest absolute Gasteiger partial charge is 0.318 e. The Morgan fingerprint density at radius 1 is 1.36 bits per heavy atom. The zero-order valence-electron chi connectivity index (χ0n) is 12.2. The molecule has 2 unspecified atom stereocenters. The third kappa shape index (κ3) is 3.20. The van der Waals surface area contributed by atoms with Gasteiger partial charge in [-0.15, -0.1) is 11.8 Å². The van der Waals surface area contributed by atoms with E-state index in [1.54, 1.807) is 4.90 Å². The van der Waals surface area contributed by atoms with Crippen molar-refractivity contribution in [3.05, 3.63) is 29.8 Å². The van der Waals surface area contributed by atoms with Crippen molar-refractivity contribution in [2.75, 3.05) is 25.4 Å². The van der Waals surface area contributed by atoms with Crippen LogP contribution >= 0.6 is 11.8 Å². The molecular formula is C15H19N3O3S. The molecule has 2 heterocycles. The van der Waals surface area contributed by atoms with Crippen molar-refractivity contribution in [3.63, 3.8) is 0 Å². The Balaban J connectivity index is 1.66. The number of hydrogen-bond donors (Lipinski definition) is 2. The van der Waals surface area contributed by atoms with Crippen molar-refractivity contribution >= 4 is 23.7 Å². The number of carbonyl (C=O) groups excluding carboxylic acids is 2. The summed E-state index contributed by atoms with van der Waals surface area (Å²) in [6.07, 6.45) is 0.186. The molecule has 2 aliphatic heterocycles. The molecule has 7 heteroatoms. The van der Waals surface area contributed by atoms with Crippen LogP contribution in [0.1, 0.15) is 18.0 Å². The summed E-state index contributed by atoms with van der Waals surface area (Å²) < 4.78 is 5.27. The molecule has 22 heavy (non-hydrogen) atoms. The fourth-order valence-electron chi connectivity index (χ4n) is 2.74. The van der Waals surface area contributed by atoms with E-state index in [1.807, 2.05) is 23.9 Å². The molecule has 0 saturated carbocycles. The van der Waals surface area contributed by atoms with Gasteiger partial charge in [-0.2, -0.15) is 0 Å². The molecule has 0 aliphatic carbocycles. The van der Waals surface area contributed by atoms with Crippen LogP contribution in [0.15, 0.2) is 29.2 Å². The van der Waals surface area contributed by atoms with Crippen LogP contribution in [0.5, 0.6) is 0 Å². The first-order valence-corrected chi connectivity index (χ1v) is 8.32. The summed E-state index contributed by atoms with van der Waals surface area (Å²) in [7, 11) is 0. The average Bonchev–Trinajstić information content (AvgIpc) is 2.55. The number of nitrogens with zero attached hydrogens (tertiary/aromatic N) is 1. The number of ether oxygens (including phenoxy) is 1. The number of nitrogens with one attached hydrogen (secondary N) is 1. The molecule has 2 atom stereocenters. The Hall–Kier alpha value is -1.73. The highest BCUT2D eigenvalue weighted by atomic mass is 32.2. The van der Waals surface area contributed by atoms with Gasteiger partial charge in [0.05, 0.1) is 19.2 Å². The monoisotopic (exact) mass is 321 g/mol. The minimum atomic E-state index is -0.714. The normalized spacial score (nSPS) is 24.5. The van der Waals surface area contributed by atoms with Crippen LogP contribution in [0, 0.1) is 0 Å². The molecule has 2 aliphatic rings. The highest BCUT2D eigenvalue weighted by Gasteiger charge is 2.30. The number of benzene rings is 1. The fourth-order valence-corrected chi connectivity index (χ4v) is 3.86. The van der Waals surface area contributed by atoms with E-state index in [2.05, 4.69) is 17.4 Å². The summed E-state index contributed by atoms with van der Waals surface area (Å²) >= 11 is 1.81.